The number of unbranched alkanes of at least 4 members (excludes halogenated alkanes) is 5. The zero-order valence-electron chi connectivity index (χ0n) is 11.1. The molecule has 0 aliphatic carbocycles. The topological polar surface area (TPSA) is 55.8 Å². The largest absolute Gasteiger partial charge is 0.464 e. The molecule has 0 fully saturated rings. The number of ether oxygens (including phenoxy) is 2. The van der Waals surface area contributed by atoms with Crippen LogP contribution in [0.5, 0.6) is 0 Å². The van der Waals surface area contributed by atoms with Crippen LogP contribution in [0, 0.1) is 0 Å². The number of aliphatic hydroxyl groups is 1. The molecule has 0 unspecified atom stereocenters. The molecule has 0 aromatic heterocycles. The van der Waals surface area contributed by atoms with Crippen molar-refractivity contribution in [2.24, 2.45) is 0 Å². The fraction of sp³-hybridized carbons (Fsp3) is 0.923. The van der Waals surface area contributed by atoms with Crippen molar-refractivity contribution in [3.05, 3.63) is 0 Å². The predicted molar refractivity (Wildman–Crippen MR) is 66.8 cm³/mol. The maximum atomic E-state index is 10.6. The summed E-state index contributed by atoms with van der Waals surface area (Å²) in [5.74, 6) is -0.532. The van der Waals surface area contributed by atoms with Gasteiger partial charge in [-0.05, 0) is 26.7 Å². The third-order valence-electron chi connectivity index (χ3n) is 2.38. The van der Waals surface area contributed by atoms with Crippen LogP contribution in [-0.2, 0) is 14.3 Å². The Hall–Kier alpha value is -0.610. The van der Waals surface area contributed by atoms with Gasteiger partial charge in [-0.25, -0.2) is 4.79 Å². The minimum atomic E-state index is -0.532. The molecule has 102 valence electrons. The summed E-state index contributed by atoms with van der Waals surface area (Å²) in [5, 5.41) is 8.41. The van der Waals surface area contributed by atoms with E-state index < -0.39 is 12.6 Å². The Morgan fingerprint density at radius 2 is 1.53 bits per heavy atom. The molecule has 0 rings (SSSR count). The number of aliphatic hydroxyl groups excluding tert-OH is 1. The third-order valence-corrected chi connectivity index (χ3v) is 2.38. The van der Waals surface area contributed by atoms with Gasteiger partial charge in [0.25, 0.3) is 0 Å². The van der Waals surface area contributed by atoms with Gasteiger partial charge < -0.3 is 14.6 Å². The first kappa shape index (κ1) is 16.4. The highest BCUT2D eigenvalue weighted by molar-refractivity contribution is 5.70. The first-order valence-corrected chi connectivity index (χ1v) is 6.55. The lowest BCUT2D eigenvalue weighted by Crippen LogP contribution is -2.09. The maximum Gasteiger partial charge on any atom is 0.331 e. The van der Waals surface area contributed by atoms with Crippen LogP contribution < -0.4 is 0 Å². The zero-order chi connectivity index (χ0) is 12.9. The van der Waals surface area contributed by atoms with Gasteiger partial charge in [0.2, 0.25) is 0 Å². The van der Waals surface area contributed by atoms with Crippen molar-refractivity contribution in [2.45, 2.75) is 58.5 Å². The summed E-state index contributed by atoms with van der Waals surface area (Å²) in [6, 6.07) is 0. The van der Waals surface area contributed by atoms with Crippen molar-refractivity contribution in [3.8, 4) is 0 Å². The van der Waals surface area contributed by atoms with Crippen LogP contribution in [0.25, 0.3) is 0 Å². The number of hydrogen-bond donors (Lipinski definition) is 1. The molecule has 0 saturated heterocycles. The standard InChI is InChI=1S/C13H26O4/c1-12(2)16-9-7-5-3-4-6-8-10-17-13(15)11-14/h12,14H,3-11H2,1-2H3. The van der Waals surface area contributed by atoms with E-state index in [9.17, 15) is 4.79 Å². The Balaban J connectivity index is 3.01. The molecule has 0 radical (unpaired) electrons. The van der Waals surface area contributed by atoms with Crippen LogP contribution in [0.1, 0.15) is 52.4 Å². The molecule has 0 aromatic rings. The van der Waals surface area contributed by atoms with Crippen LogP contribution in [-0.4, -0.2) is 37.0 Å². The van der Waals surface area contributed by atoms with Gasteiger partial charge in [0, 0.05) is 6.61 Å². The molecule has 4 nitrogen and oxygen atoms in total. The zero-order valence-corrected chi connectivity index (χ0v) is 11.1. The second-order valence-corrected chi connectivity index (χ2v) is 4.42. The van der Waals surface area contributed by atoms with E-state index in [0.29, 0.717) is 12.7 Å². The lowest BCUT2D eigenvalue weighted by atomic mass is 10.1. The van der Waals surface area contributed by atoms with Crippen molar-refractivity contribution in [3.63, 3.8) is 0 Å². The van der Waals surface area contributed by atoms with E-state index in [0.717, 1.165) is 25.9 Å². The van der Waals surface area contributed by atoms with Gasteiger partial charge in [-0.15, -0.1) is 0 Å². The Kier molecular flexibility index (Phi) is 11.4. The van der Waals surface area contributed by atoms with Crippen molar-refractivity contribution in [2.75, 3.05) is 19.8 Å². The summed E-state index contributed by atoms with van der Waals surface area (Å²) in [7, 11) is 0. The fourth-order valence-electron chi connectivity index (χ4n) is 1.46. The molecule has 0 aliphatic heterocycles. The summed E-state index contributed by atoms with van der Waals surface area (Å²) in [6.45, 7) is 4.86. The van der Waals surface area contributed by atoms with Crippen LogP contribution in [0.15, 0.2) is 0 Å². The van der Waals surface area contributed by atoms with E-state index in [4.69, 9.17) is 14.6 Å². The van der Waals surface area contributed by atoms with Gasteiger partial charge in [-0.2, -0.15) is 0 Å². The summed E-state index contributed by atoms with van der Waals surface area (Å²) < 4.78 is 10.2. The lowest BCUT2D eigenvalue weighted by molar-refractivity contribution is -0.147. The molecular weight excluding hydrogens is 220 g/mol. The third kappa shape index (κ3) is 13.3. The molecule has 0 amide bonds. The number of esters is 1. The number of carbonyl (C=O) groups excluding carboxylic acids is 1. The minimum absolute atomic E-state index is 0.330. The van der Waals surface area contributed by atoms with E-state index >= 15 is 0 Å². The fourth-order valence-corrected chi connectivity index (χ4v) is 1.46. The average molecular weight is 246 g/mol. The number of hydrogen-bond acceptors (Lipinski definition) is 4. The smallest absolute Gasteiger partial charge is 0.331 e. The van der Waals surface area contributed by atoms with Gasteiger partial charge in [0.1, 0.15) is 6.61 Å². The summed E-state index contributed by atoms with van der Waals surface area (Å²) in [6.07, 6.45) is 6.98. The quantitative estimate of drug-likeness (QED) is 0.449. The molecule has 0 aromatic carbocycles. The molecule has 4 heteroatoms. The van der Waals surface area contributed by atoms with Crippen LogP contribution in [0.4, 0.5) is 0 Å². The predicted octanol–water partition coefficient (Wildman–Crippen LogP) is 2.29. The average Bonchev–Trinajstić information content (AvgIpc) is 2.30. The number of carbonyl (C=O) groups is 1. The van der Waals surface area contributed by atoms with E-state index in [2.05, 4.69) is 0 Å². The van der Waals surface area contributed by atoms with Crippen molar-refractivity contribution in [1.82, 2.24) is 0 Å². The normalized spacial score (nSPS) is 10.8. The van der Waals surface area contributed by atoms with E-state index in [1.54, 1.807) is 0 Å². The SMILES string of the molecule is CC(C)OCCCCCCCCOC(=O)CO. The molecule has 17 heavy (non-hydrogen) atoms. The van der Waals surface area contributed by atoms with Crippen molar-refractivity contribution < 1.29 is 19.4 Å². The first-order valence-electron chi connectivity index (χ1n) is 6.55. The molecule has 0 saturated carbocycles. The van der Waals surface area contributed by atoms with E-state index in [1.165, 1.54) is 19.3 Å². The van der Waals surface area contributed by atoms with Gasteiger partial charge >= 0.3 is 5.97 Å². The number of rotatable bonds is 11. The van der Waals surface area contributed by atoms with Crippen LogP contribution in [0.3, 0.4) is 0 Å². The summed E-state index contributed by atoms with van der Waals surface area (Å²) >= 11 is 0. The highest BCUT2D eigenvalue weighted by Gasteiger charge is 1.98. The Morgan fingerprint density at radius 3 is 2.06 bits per heavy atom. The minimum Gasteiger partial charge on any atom is -0.464 e. The van der Waals surface area contributed by atoms with Crippen molar-refractivity contribution in [1.29, 1.82) is 0 Å². The highest BCUT2D eigenvalue weighted by atomic mass is 16.5. The lowest BCUT2D eigenvalue weighted by Gasteiger charge is -2.07. The van der Waals surface area contributed by atoms with Gasteiger partial charge in [-0.3, -0.25) is 0 Å². The Labute approximate surface area is 104 Å². The van der Waals surface area contributed by atoms with Gasteiger partial charge in [0.05, 0.1) is 12.7 Å². The summed E-state index contributed by atoms with van der Waals surface area (Å²) in [4.78, 5) is 10.6. The molecule has 1 N–H and O–H groups in total. The first-order chi connectivity index (χ1) is 8.16. The van der Waals surface area contributed by atoms with Gasteiger partial charge in [-0.1, -0.05) is 25.7 Å². The summed E-state index contributed by atoms with van der Waals surface area (Å²) in [5.41, 5.74) is 0. The monoisotopic (exact) mass is 246 g/mol. The molecule has 0 bridgehead atoms. The van der Waals surface area contributed by atoms with Crippen LogP contribution in [0.2, 0.25) is 0 Å². The molecule has 0 atom stereocenters. The molecule has 0 spiro atoms. The maximum absolute atomic E-state index is 10.6. The van der Waals surface area contributed by atoms with Crippen LogP contribution >= 0.6 is 0 Å². The van der Waals surface area contributed by atoms with Gasteiger partial charge in [0.15, 0.2) is 0 Å². The van der Waals surface area contributed by atoms with Crippen molar-refractivity contribution >= 4 is 5.97 Å². The van der Waals surface area contributed by atoms with E-state index in [-0.39, 0.29) is 0 Å². The Morgan fingerprint density at radius 1 is 1.00 bits per heavy atom. The molecule has 0 aliphatic rings. The second-order valence-electron chi connectivity index (χ2n) is 4.42. The molecular formula is C13H26O4. The highest BCUT2D eigenvalue weighted by Crippen LogP contribution is 2.06. The van der Waals surface area contributed by atoms with E-state index in [1.807, 2.05) is 13.8 Å². The Bertz CT molecular complexity index is 180. The molecule has 0 heterocycles. The second kappa shape index (κ2) is 11.9.